The van der Waals surface area contributed by atoms with E-state index in [9.17, 15) is 14.4 Å². The molecule has 2 N–H and O–H groups in total. The van der Waals surface area contributed by atoms with Crippen LogP contribution in [0.2, 0.25) is 0 Å². The molecule has 1 aliphatic carbocycles. The first-order valence-electron chi connectivity index (χ1n) is 9.95. The van der Waals surface area contributed by atoms with Crippen LogP contribution in [0, 0.1) is 11.8 Å². The highest BCUT2D eigenvalue weighted by Gasteiger charge is 2.31. The maximum absolute atomic E-state index is 12.4. The Morgan fingerprint density at radius 3 is 2.19 bits per heavy atom. The van der Waals surface area contributed by atoms with Gasteiger partial charge in [-0.15, -0.1) is 0 Å². The minimum atomic E-state index is -0.731. The summed E-state index contributed by atoms with van der Waals surface area (Å²) in [4.78, 5) is 39.5. The molecule has 26 heavy (non-hydrogen) atoms. The van der Waals surface area contributed by atoms with Crippen molar-refractivity contribution in [3.05, 3.63) is 0 Å². The van der Waals surface area contributed by atoms with Crippen molar-refractivity contribution in [1.82, 2.24) is 15.1 Å². The Kier molecular flexibility index (Phi) is 7.72. The van der Waals surface area contributed by atoms with Crippen LogP contribution in [0.25, 0.3) is 0 Å². The van der Waals surface area contributed by atoms with E-state index in [2.05, 4.69) is 12.2 Å². The van der Waals surface area contributed by atoms with Crippen LogP contribution in [0.4, 0.5) is 4.79 Å². The van der Waals surface area contributed by atoms with Gasteiger partial charge in [-0.05, 0) is 44.9 Å². The molecule has 0 atom stereocenters. The molecule has 0 aromatic heterocycles. The topological polar surface area (TPSA) is 90.0 Å². The van der Waals surface area contributed by atoms with Crippen LogP contribution in [0.1, 0.15) is 58.3 Å². The molecular formula is C19H33N3O4. The first-order chi connectivity index (χ1) is 12.4. The van der Waals surface area contributed by atoms with Crippen LogP contribution in [0.3, 0.4) is 0 Å². The lowest BCUT2D eigenvalue weighted by atomic mass is 9.86. The summed E-state index contributed by atoms with van der Waals surface area (Å²) in [6.07, 6.45) is 6.23. The predicted octanol–water partition coefficient (Wildman–Crippen LogP) is 2.31. The van der Waals surface area contributed by atoms with Gasteiger partial charge in [0.05, 0.1) is 5.92 Å². The molecular weight excluding hydrogens is 334 g/mol. The molecule has 1 heterocycles. The molecule has 0 unspecified atom stereocenters. The number of aliphatic carboxylic acids is 1. The highest BCUT2D eigenvalue weighted by Crippen LogP contribution is 2.25. The standard InChI is InChI=1S/C19H33N3O4/c1-3-4-11-21(2)17(23)14-9-12-22(13-10-14)19(26)20-16-7-5-15(6-8-16)18(24)25/h14-16H,3-13H2,1-2H3,(H,20,26)(H,24,25). The van der Waals surface area contributed by atoms with E-state index in [0.717, 1.165) is 32.2 Å². The first-order valence-corrected chi connectivity index (χ1v) is 9.95. The predicted molar refractivity (Wildman–Crippen MR) is 98.8 cm³/mol. The number of rotatable bonds is 6. The van der Waals surface area contributed by atoms with E-state index >= 15 is 0 Å². The molecule has 7 heteroatoms. The van der Waals surface area contributed by atoms with E-state index in [1.807, 2.05) is 11.9 Å². The highest BCUT2D eigenvalue weighted by atomic mass is 16.4. The summed E-state index contributed by atoms with van der Waals surface area (Å²) in [5, 5.41) is 12.1. The normalized spacial score (nSPS) is 24.2. The van der Waals surface area contributed by atoms with Crippen molar-refractivity contribution in [2.45, 2.75) is 64.3 Å². The van der Waals surface area contributed by atoms with Crippen LogP contribution in [-0.2, 0) is 9.59 Å². The Hall–Kier alpha value is -1.79. The molecule has 0 aromatic carbocycles. The lowest BCUT2D eigenvalue weighted by Crippen LogP contribution is -2.50. The number of hydrogen-bond donors (Lipinski definition) is 2. The molecule has 0 aromatic rings. The fraction of sp³-hybridized carbons (Fsp3) is 0.842. The van der Waals surface area contributed by atoms with Crippen LogP contribution < -0.4 is 5.32 Å². The van der Waals surface area contributed by atoms with Crippen molar-refractivity contribution in [1.29, 1.82) is 0 Å². The summed E-state index contributed by atoms with van der Waals surface area (Å²) in [6, 6.07) is -0.00774. The molecule has 0 radical (unpaired) electrons. The molecule has 0 spiro atoms. The zero-order valence-corrected chi connectivity index (χ0v) is 16.1. The molecule has 0 bridgehead atoms. The van der Waals surface area contributed by atoms with Crippen molar-refractivity contribution in [2.75, 3.05) is 26.7 Å². The largest absolute Gasteiger partial charge is 0.481 e. The number of carbonyl (C=O) groups is 3. The summed E-state index contributed by atoms with van der Waals surface area (Å²) >= 11 is 0. The lowest BCUT2D eigenvalue weighted by Gasteiger charge is -2.35. The van der Waals surface area contributed by atoms with Gasteiger partial charge in [-0.3, -0.25) is 9.59 Å². The first kappa shape index (κ1) is 20.5. The van der Waals surface area contributed by atoms with Crippen LogP contribution in [0.15, 0.2) is 0 Å². The van der Waals surface area contributed by atoms with Crippen LogP contribution in [0.5, 0.6) is 0 Å². The second-order valence-electron chi connectivity index (χ2n) is 7.71. The molecule has 2 rings (SSSR count). The maximum atomic E-state index is 12.4. The molecule has 1 aliphatic heterocycles. The summed E-state index contributed by atoms with van der Waals surface area (Å²) in [5.74, 6) is -0.780. The van der Waals surface area contributed by atoms with Gasteiger partial charge in [-0.25, -0.2) is 4.79 Å². The Labute approximate surface area is 156 Å². The third-order valence-electron chi connectivity index (χ3n) is 5.76. The minimum Gasteiger partial charge on any atom is -0.481 e. The Morgan fingerprint density at radius 1 is 1.04 bits per heavy atom. The fourth-order valence-corrected chi connectivity index (χ4v) is 3.90. The number of nitrogens with one attached hydrogen (secondary N) is 1. The summed E-state index contributed by atoms with van der Waals surface area (Å²) in [6.45, 7) is 4.13. The average molecular weight is 367 g/mol. The van der Waals surface area contributed by atoms with Crippen molar-refractivity contribution < 1.29 is 19.5 Å². The van der Waals surface area contributed by atoms with E-state index < -0.39 is 5.97 Å². The number of urea groups is 1. The van der Waals surface area contributed by atoms with E-state index in [1.54, 1.807) is 4.90 Å². The lowest BCUT2D eigenvalue weighted by molar-refractivity contribution is -0.143. The molecule has 2 aliphatic rings. The van der Waals surface area contributed by atoms with Crippen LogP contribution in [-0.4, -0.2) is 65.5 Å². The minimum absolute atomic E-state index is 0.0203. The van der Waals surface area contributed by atoms with Crippen molar-refractivity contribution in [3.63, 3.8) is 0 Å². The Bertz CT molecular complexity index is 495. The van der Waals surface area contributed by atoms with Crippen molar-refractivity contribution in [2.24, 2.45) is 11.8 Å². The number of carboxylic acids is 1. The molecule has 3 amide bonds. The van der Waals surface area contributed by atoms with Gasteiger partial charge in [-0.2, -0.15) is 0 Å². The molecule has 1 saturated carbocycles. The second kappa shape index (κ2) is 9.78. The van der Waals surface area contributed by atoms with E-state index in [1.165, 1.54) is 0 Å². The average Bonchev–Trinajstić information content (AvgIpc) is 2.66. The smallest absolute Gasteiger partial charge is 0.317 e. The van der Waals surface area contributed by atoms with Gasteiger partial charge in [0.25, 0.3) is 0 Å². The number of carboxylic acid groups (broad SMARTS) is 1. The number of likely N-dealkylation sites (tertiary alicyclic amines) is 1. The number of piperidine rings is 1. The maximum Gasteiger partial charge on any atom is 0.317 e. The Balaban J connectivity index is 1.71. The zero-order valence-electron chi connectivity index (χ0n) is 16.1. The number of hydrogen-bond acceptors (Lipinski definition) is 3. The monoisotopic (exact) mass is 367 g/mol. The molecule has 148 valence electrons. The zero-order chi connectivity index (χ0) is 19.1. The van der Waals surface area contributed by atoms with Gasteiger partial charge in [0, 0.05) is 38.6 Å². The van der Waals surface area contributed by atoms with E-state index in [0.29, 0.717) is 38.8 Å². The number of carbonyl (C=O) groups excluding carboxylic acids is 2. The van der Waals surface area contributed by atoms with E-state index in [4.69, 9.17) is 5.11 Å². The summed E-state index contributed by atoms with van der Waals surface area (Å²) < 4.78 is 0. The Morgan fingerprint density at radius 2 is 1.65 bits per heavy atom. The van der Waals surface area contributed by atoms with Crippen molar-refractivity contribution >= 4 is 17.9 Å². The van der Waals surface area contributed by atoms with Gasteiger partial charge >= 0.3 is 12.0 Å². The SMILES string of the molecule is CCCCN(C)C(=O)C1CCN(C(=O)NC2CCC(C(=O)O)CC2)CC1. The highest BCUT2D eigenvalue weighted by molar-refractivity contribution is 5.79. The number of unbranched alkanes of at least 4 members (excludes halogenated alkanes) is 1. The van der Waals surface area contributed by atoms with E-state index in [-0.39, 0.29) is 29.8 Å². The number of amides is 3. The summed E-state index contributed by atoms with van der Waals surface area (Å²) in [7, 11) is 1.87. The molecule has 7 nitrogen and oxygen atoms in total. The van der Waals surface area contributed by atoms with Gasteiger partial charge < -0.3 is 20.2 Å². The molecule has 2 fully saturated rings. The van der Waals surface area contributed by atoms with Gasteiger partial charge in [0.15, 0.2) is 0 Å². The number of nitrogens with zero attached hydrogens (tertiary/aromatic N) is 2. The van der Waals surface area contributed by atoms with Gasteiger partial charge in [-0.1, -0.05) is 13.3 Å². The third-order valence-corrected chi connectivity index (χ3v) is 5.76. The van der Waals surface area contributed by atoms with Gasteiger partial charge in [0.1, 0.15) is 0 Å². The second-order valence-corrected chi connectivity index (χ2v) is 7.71. The third kappa shape index (κ3) is 5.61. The van der Waals surface area contributed by atoms with Gasteiger partial charge in [0.2, 0.25) is 5.91 Å². The molecule has 1 saturated heterocycles. The summed E-state index contributed by atoms with van der Waals surface area (Å²) in [5.41, 5.74) is 0. The van der Waals surface area contributed by atoms with Crippen molar-refractivity contribution in [3.8, 4) is 0 Å². The quantitative estimate of drug-likeness (QED) is 0.754. The van der Waals surface area contributed by atoms with Crippen LogP contribution >= 0.6 is 0 Å². The fourth-order valence-electron chi connectivity index (χ4n) is 3.90.